The number of amides is 1. The van der Waals surface area contributed by atoms with Gasteiger partial charge in [-0.1, -0.05) is 0 Å². The van der Waals surface area contributed by atoms with Crippen LogP contribution in [0, 0.1) is 6.92 Å². The van der Waals surface area contributed by atoms with Gasteiger partial charge in [0.2, 0.25) is 0 Å². The number of furan rings is 1. The summed E-state index contributed by atoms with van der Waals surface area (Å²) >= 11 is 1.27. The first kappa shape index (κ1) is 16.7. The Balaban J connectivity index is 1.92. The molecule has 0 radical (unpaired) electrons. The summed E-state index contributed by atoms with van der Waals surface area (Å²) in [6.07, 6.45) is 1.09. The van der Waals surface area contributed by atoms with Crippen molar-refractivity contribution in [3.63, 3.8) is 0 Å². The maximum absolute atomic E-state index is 12.4. The second-order valence-corrected chi connectivity index (χ2v) is 6.35. The molecule has 1 saturated heterocycles. The van der Waals surface area contributed by atoms with Crippen molar-refractivity contribution in [3.05, 3.63) is 28.8 Å². The highest BCUT2D eigenvalue weighted by Crippen LogP contribution is 2.37. The van der Waals surface area contributed by atoms with Gasteiger partial charge in [-0.2, -0.15) is 0 Å². The van der Waals surface area contributed by atoms with Crippen LogP contribution in [0.4, 0.5) is 5.00 Å². The van der Waals surface area contributed by atoms with Crippen molar-refractivity contribution in [2.45, 2.75) is 32.8 Å². The van der Waals surface area contributed by atoms with Crippen molar-refractivity contribution >= 4 is 28.2 Å². The van der Waals surface area contributed by atoms with E-state index in [0.717, 1.165) is 12.2 Å². The normalized spacial score (nSPS) is 17.0. The fourth-order valence-corrected chi connectivity index (χ4v) is 3.53. The van der Waals surface area contributed by atoms with Crippen molar-refractivity contribution in [1.29, 1.82) is 0 Å². The minimum Gasteiger partial charge on any atom is -0.462 e. The Morgan fingerprint density at radius 1 is 1.42 bits per heavy atom. The number of anilines is 1. The minimum absolute atomic E-state index is 0.234. The third kappa shape index (κ3) is 3.37. The summed E-state index contributed by atoms with van der Waals surface area (Å²) < 4.78 is 16.2. The van der Waals surface area contributed by atoms with Gasteiger partial charge in [0.1, 0.15) is 28.2 Å². The number of hydrogen-bond acceptors (Lipinski definition) is 6. The Hall–Kier alpha value is -2.12. The molecule has 7 heteroatoms. The van der Waals surface area contributed by atoms with Crippen LogP contribution in [0.15, 0.2) is 21.9 Å². The van der Waals surface area contributed by atoms with Gasteiger partial charge in [0.05, 0.1) is 6.61 Å². The lowest BCUT2D eigenvalue weighted by Crippen LogP contribution is -2.27. The van der Waals surface area contributed by atoms with E-state index < -0.39 is 12.1 Å². The molecule has 0 saturated carbocycles. The van der Waals surface area contributed by atoms with Crippen molar-refractivity contribution in [3.8, 4) is 11.3 Å². The van der Waals surface area contributed by atoms with Gasteiger partial charge in [-0.3, -0.25) is 4.79 Å². The molecule has 0 aromatic carbocycles. The number of nitrogens with one attached hydrogen (secondary N) is 1. The van der Waals surface area contributed by atoms with Crippen LogP contribution in [0.5, 0.6) is 0 Å². The van der Waals surface area contributed by atoms with Crippen LogP contribution in [0.1, 0.15) is 35.9 Å². The first-order valence-electron chi connectivity index (χ1n) is 7.88. The van der Waals surface area contributed by atoms with Crippen LogP contribution in [0.25, 0.3) is 11.3 Å². The van der Waals surface area contributed by atoms with Crippen LogP contribution >= 0.6 is 11.3 Å². The summed E-state index contributed by atoms with van der Waals surface area (Å²) in [5.41, 5.74) is 0.941. The quantitative estimate of drug-likeness (QED) is 0.834. The topological polar surface area (TPSA) is 77.8 Å². The molecule has 1 amide bonds. The number of rotatable bonds is 5. The van der Waals surface area contributed by atoms with Crippen molar-refractivity contribution in [1.82, 2.24) is 0 Å². The molecule has 128 valence electrons. The second-order valence-electron chi connectivity index (χ2n) is 5.48. The Kier molecular flexibility index (Phi) is 5.01. The van der Waals surface area contributed by atoms with Crippen LogP contribution < -0.4 is 5.32 Å². The zero-order chi connectivity index (χ0) is 17.1. The molecule has 24 heavy (non-hydrogen) atoms. The van der Waals surface area contributed by atoms with Crippen LogP contribution in [0.2, 0.25) is 0 Å². The average molecular weight is 349 g/mol. The van der Waals surface area contributed by atoms with E-state index in [1.54, 1.807) is 18.4 Å². The van der Waals surface area contributed by atoms with Gasteiger partial charge in [-0.25, -0.2) is 4.79 Å². The van der Waals surface area contributed by atoms with Gasteiger partial charge in [-0.05, 0) is 38.8 Å². The summed E-state index contributed by atoms with van der Waals surface area (Å²) in [4.78, 5) is 24.7. The molecule has 2 aromatic heterocycles. The van der Waals surface area contributed by atoms with E-state index in [2.05, 4.69) is 5.32 Å². The van der Waals surface area contributed by atoms with E-state index >= 15 is 0 Å². The summed E-state index contributed by atoms with van der Waals surface area (Å²) in [7, 11) is 0. The number of carbonyl (C=O) groups excluding carboxylic acids is 2. The Labute approximate surface area is 143 Å². The molecule has 0 aliphatic carbocycles. The molecular formula is C17H19NO5S. The maximum atomic E-state index is 12.4. The monoisotopic (exact) mass is 349 g/mol. The highest BCUT2D eigenvalue weighted by Gasteiger charge is 2.28. The molecule has 1 aliphatic heterocycles. The molecule has 3 heterocycles. The molecule has 2 aromatic rings. The number of hydrogen-bond donors (Lipinski definition) is 1. The summed E-state index contributed by atoms with van der Waals surface area (Å²) in [5.74, 6) is 0.605. The van der Waals surface area contributed by atoms with Gasteiger partial charge in [0.25, 0.3) is 5.91 Å². The van der Waals surface area contributed by atoms with Gasteiger partial charge < -0.3 is 19.2 Å². The van der Waals surface area contributed by atoms with Gasteiger partial charge >= 0.3 is 5.97 Å². The van der Waals surface area contributed by atoms with Crippen LogP contribution in [-0.2, 0) is 14.3 Å². The number of carbonyl (C=O) groups is 2. The highest BCUT2D eigenvalue weighted by molar-refractivity contribution is 7.15. The molecule has 0 spiro atoms. The molecule has 0 bridgehead atoms. The lowest BCUT2D eigenvalue weighted by Gasteiger charge is -2.11. The first-order valence-corrected chi connectivity index (χ1v) is 8.76. The molecule has 1 atom stereocenters. The largest absolute Gasteiger partial charge is 0.462 e. The van der Waals surface area contributed by atoms with E-state index in [1.807, 2.05) is 13.0 Å². The average Bonchev–Trinajstić information content (AvgIpc) is 3.26. The lowest BCUT2D eigenvalue weighted by molar-refractivity contribution is -0.124. The molecule has 1 unspecified atom stereocenters. The zero-order valence-corrected chi connectivity index (χ0v) is 14.4. The summed E-state index contributed by atoms with van der Waals surface area (Å²) in [6, 6.07) is 3.62. The summed E-state index contributed by atoms with van der Waals surface area (Å²) in [6.45, 7) is 4.42. The third-order valence-corrected chi connectivity index (χ3v) is 4.63. The van der Waals surface area contributed by atoms with E-state index in [4.69, 9.17) is 13.9 Å². The number of esters is 1. The van der Waals surface area contributed by atoms with Crippen molar-refractivity contribution in [2.24, 2.45) is 0 Å². The van der Waals surface area contributed by atoms with Gasteiger partial charge in [0.15, 0.2) is 0 Å². The number of thiophene rings is 1. The maximum Gasteiger partial charge on any atom is 0.341 e. The molecular weight excluding hydrogens is 330 g/mol. The Bertz CT molecular complexity index is 742. The van der Waals surface area contributed by atoms with E-state index in [0.29, 0.717) is 34.9 Å². The fourth-order valence-electron chi connectivity index (χ4n) is 2.59. The smallest absolute Gasteiger partial charge is 0.341 e. The molecule has 1 fully saturated rings. The first-order chi connectivity index (χ1) is 11.6. The molecule has 3 rings (SSSR count). The number of aryl methyl sites for hydroxylation is 1. The van der Waals surface area contributed by atoms with E-state index in [-0.39, 0.29) is 12.5 Å². The molecule has 6 nitrogen and oxygen atoms in total. The molecule has 1 aliphatic rings. The predicted octanol–water partition coefficient (Wildman–Crippen LogP) is 3.61. The highest BCUT2D eigenvalue weighted by atomic mass is 32.1. The predicted molar refractivity (Wildman–Crippen MR) is 90.3 cm³/mol. The van der Waals surface area contributed by atoms with Crippen LogP contribution in [-0.4, -0.2) is 31.2 Å². The number of ether oxygens (including phenoxy) is 2. The van der Waals surface area contributed by atoms with Crippen LogP contribution in [0.3, 0.4) is 0 Å². The van der Waals surface area contributed by atoms with E-state index in [1.165, 1.54) is 11.3 Å². The van der Waals surface area contributed by atoms with Crippen molar-refractivity contribution in [2.75, 3.05) is 18.5 Å². The third-order valence-electron chi connectivity index (χ3n) is 3.74. The van der Waals surface area contributed by atoms with Crippen molar-refractivity contribution < 1.29 is 23.5 Å². The second kappa shape index (κ2) is 7.19. The fraction of sp³-hybridized carbons (Fsp3) is 0.412. The standard InChI is InChI=1S/C17H19NO5S/c1-3-21-17(20)14-11(12-7-6-10(2)23-12)9-24-16(14)18-15(19)13-5-4-8-22-13/h6-7,9,13H,3-5,8H2,1-2H3,(H,18,19). The lowest BCUT2D eigenvalue weighted by atomic mass is 10.1. The minimum atomic E-state index is -0.481. The Morgan fingerprint density at radius 3 is 2.88 bits per heavy atom. The zero-order valence-electron chi connectivity index (χ0n) is 13.6. The van der Waals surface area contributed by atoms with Gasteiger partial charge in [-0.15, -0.1) is 11.3 Å². The van der Waals surface area contributed by atoms with E-state index in [9.17, 15) is 9.59 Å². The Morgan fingerprint density at radius 2 is 2.25 bits per heavy atom. The molecule has 1 N–H and O–H groups in total. The SMILES string of the molecule is CCOC(=O)c1c(-c2ccc(C)o2)csc1NC(=O)C1CCCO1. The van der Waals surface area contributed by atoms with Gasteiger partial charge in [0, 0.05) is 17.6 Å². The summed E-state index contributed by atoms with van der Waals surface area (Å²) in [5, 5.41) is 5.04.